The van der Waals surface area contributed by atoms with E-state index in [1.807, 2.05) is 24.3 Å². The molecule has 1 aromatic heterocycles. The van der Waals surface area contributed by atoms with E-state index in [9.17, 15) is 14.7 Å². The number of carbonyl (C=O) groups is 1. The molecule has 6 nitrogen and oxygen atoms in total. The number of carbonyl (C=O) groups excluding carboxylic acids is 1. The summed E-state index contributed by atoms with van der Waals surface area (Å²) >= 11 is 0. The Kier molecular flexibility index (Phi) is 3.63. The molecular weight excluding hydrogens is 308 g/mol. The number of fused-ring (bicyclic) bond motifs is 3. The highest BCUT2D eigenvalue weighted by Crippen LogP contribution is 2.26. The largest absolute Gasteiger partial charge is 0.389 e. The van der Waals surface area contributed by atoms with Crippen LogP contribution in [0.1, 0.15) is 22.8 Å². The van der Waals surface area contributed by atoms with Gasteiger partial charge >= 0.3 is 0 Å². The summed E-state index contributed by atoms with van der Waals surface area (Å²) in [5, 5.41) is 12.1. The highest BCUT2D eigenvalue weighted by atomic mass is 16.5. The highest BCUT2D eigenvalue weighted by Gasteiger charge is 2.27. The number of benzene rings is 2. The summed E-state index contributed by atoms with van der Waals surface area (Å²) in [6.07, 6.45) is 2.03. The van der Waals surface area contributed by atoms with Gasteiger partial charge in [0.05, 0.1) is 36.0 Å². The van der Waals surface area contributed by atoms with Crippen molar-refractivity contribution in [3.8, 4) is 0 Å². The molecule has 0 bridgehead atoms. The van der Waals surface area contributed by atoms with E-state index in [1.165, 1.54) is 10.9 Å². The molecule has 0 radical (unpaired) electrons. The van der Waals surface area contributed by atoms with Gasteiger partial charge in [0.1, 0.15) is 0 Å². The monoisotopic (exact) mass is 324 g/mol. The first kappa shape index (κ1) is 15.0. The van der Waals surface area contributed by atoms with Crippen LogP contribution in [0.5, 0.6) is 0 Å². The maximum absolute atomic E-state index is 12.9. The fraction of sp³-hybridized carbons (Fsp3) is 0.278. The lowest BCUT2D eigenvalue weighted by molar-refractivity contribution is -0.0395. The molecule has 2 unspecified atom stereocenters. The minimum atomic E-state index is -0.748. The predicted octanol–water partition coefficient (Wildman–Crippen LogP) is 1.68. The minimum Gasteiger partial charge on any atom is -0.389 e. The van der Waals surface area contributed by atoms with Crippen LogP contribution in [0.3, 0.4) is 0 Å². The van der Waals surface area contributed by atoms with Gasteiger partial charge in [-0.25, -0.2) is 4.98 Å². The topological polar surface area (TPSA) is 81.4 Å². The highest BCUT2D eigenvalue weighted by molar-refractivity contribution is 6.11. The fourth-order valence-corrected chi connectivity index (χ4v) is 3.37. The lowest BCUT2D eigenvalue weighted by atomic mass is 10.0. The van der Waals surface area contributed by atoms with Gasteiger partial charge in [-0.3, -0.25) is 14.2 Å². The second-order valence-electron chi connectivity index (χ2n) is 5.98. The van der Waals surface area contributed by atoms with E-state index in [2.05, 4.69) is 4.98 Å². The second-order valence-corrected chi connectivity index (χ2v) is 5.98. The zero-order valence-electron chi connectivity index (χ0n) is 12.9. The van der Waals surface area contributed by atoms with E-state index in [1.54, 1.807) is 6.07 Å². The van der Waals surface area contributed by atoms with Gasteiger partial charge in [-0.05, 0) is 17.9 Å². The van der Waals surface area contributed by atoms with Gasteiger partial charge in [0.2, 0.25) is 0 Å². The average Bonchev–Trinajstić information content (AvgIpc) is 2.62. The van der Waals surface area contributed by atoms with E-state index in [0.29, 0.717) is 29.5 Å². The van der Waals surface area contributed by atoms with Gasteiger partial charge in [0.25, 0.3) is 5.56 Å². The first-order valence-electron chi connectivity index (χ1n) is 7.84. The van der Waals surface area contributed by atoms with Gasteiger partial charge in [0, 0.05) is 17.6 Å². The smallest absolute Gasteiger partial charge is 0.261 e. The molecule has 0 saturated carbocycles. The van der Waals surface area contributed by atoms with Crippen LogP contribution in [0.4, 0.5) is 0 Å². The van der Waals surface area contributed by atoms with Crippen LogP contribution < -0.4 is 5.56 Å². The first-order valence-corrected chi connectivity index (χ1v) is 7.84. The summed E-state index contributed by atoms with van der Waals surface area (Å²) in [6, 6.07) is 8.61. The van der Waals surface area contributed by atoms with E-state index in [4.69, 9.17) is 4.74 Å². The zero-order chi connectivity index (χ0) is 16.7. The molecule has 6 heteroatoms. The van der Waals surface area contributed by atoms with Crippen molar-refractivity contribution in [1.82, 2.24) is 9.55 Å². The van der Waals surface area contributed by atoms with Crippen LogP contribution in [0.25, 0.3) is 21.7 Å². The summed E-state index contributed by atoms with van der Waals surface area (Å²) < 4.78 is 6.68. The molecule has 0 spiro atoms. The van der Waals surface area contributed by atoms with E-state index in [0.717, 1.165) is 17.1 Å². The number of aliphatic hydroxyl groups is 1. The van der Waals surface area contributed by atoms with Crippen LogP contribution >= 0.6 is 0 Å². The Morgan fingerprint density at radius 2 is 2.04 bits per heavy atom. The Bertz CT molecular complexity index is 995. The van der Waals surface area contributed by atoms with Gasteiger partial charge in [-0.2, -0.15) is 0 Å². The third-order valence-electron chi connectivity index (χ3n) is 4.60. The maximum Gasteiger partial charge on any atom is 0.261 e. The Morgan fingerprint density at radius 3 is 2.79 bits per heavy atom. The molecule has 1 N–H and O–H groups in total. The number of nitrogens with zero attached hydrogens (tertiary/aromatic N) is 2. The molecule has 2 aromatic carbocycles. The van der Waals surface area contributed by atoms with Crippen LogP contribution in [0.15, 0.2) is 41.5 Å². The molecule has 0 aliphatic carbocycles. The summed E-state index contributed by atoms with van der Waals surface area (Å²) in [6.45, 7) is 0.690. The Morgan fingerprint density at radius 1 is 1.25 bits per heavy atom. The molecule has 1 aliphatic rings. The van der Waals surface area contributed by atoms with Crippen molar-refractivity contribution in [2.45, 2.75) is 18.6 Å². The number of hydrogen-bond acceptors (Lipinski definition) is 5. The first-order chi connectivity index (χ1) is 11.7. The lowest BCUT2D eigenvalue weighted by Gasteiger charge is -2.29. The number of aromatic nitrogens is 2. The molecule has 122 valence electrons. The number of aliphatic hydroxyl groups excluding tert-OH is 1. The summed E-state index contributed by atoms with van der Waals surface area (Å²) in [5.41, 5.74) is 0.779. The lowest BCUT2D eigenvalue weighted by Crippen LogP contribution is -2.39. The molecule has 2 atom stereocenters. The fourth-order valence-electron chi connectivity index (χ4n) is 3.37. The molecule has 4 rings (SSSR count). The molecule has 1 saturated heterocycles. The third kappa shape index (κ3) is 2.23. The quantitative estimate of drug-likeness (QED) is 0.573. The number of rotatable bonds is 2. The van der Waals surface area contributed by atoms with E-state index < -0.39 is 6.10 Å². The average molecular weight is 324 g/mol. The summed E-state index contributed by atoms with van der Waals surface area (Å²) in [4.78, 5) is 28.8. The third-order valence-corrected chi connectivity index (χ3v) is 4.60. The SMILES string of the molecule is O=Cc1cc2c(=O)n(C3CCOCC3O)cnc2c2ccccc12. The normalized spacial score (nSPS) is 21.2. The van der Waals surface area contributed by atoms with Crippen LogP contribution in [0.2, 0.25) is 0 Å². The molecule has 1 fully saturated rings. The van der Waals surface area contributed by atoms with Crippen molar-refractivity contribution >= 4 is 28.0 Å². The summed E-state index contributed by atoms with van der Waals surface area (Å²) in [5.74, 6) is 0. The van der Waals surface area contributed by atoms with Gasteiger partial charge in [0.15, 0.2) is 6.29 Å². The van der Waals surface area contributed by atoms with E-state index in [-0.39, 0.29) is 18.2 Å². The molecule has 2 heterocycles. The van der Waals surface area contributed by atoms with Crippen molar-refractivity contribution in [2.75, 3.05) is 13.2 Å². The molecular formula is C18H16N2O4. The maximum atomic E-state index is 12.9. The molecule has 0 amide bonds. The standard InChI is InChI=1S/C18H16N2O4/c21-8-11-7-14-17(13-4-2-1-3-12(11)13)19-10-20(18(14)23)15-5-6-24-9-16(15)22/h1-4,7-8,10,15-16,22H,5-6,9H2. The molecule has 3 aromatic rings. The Labute approximate surface area is 137 Å². The van der Waals surface area contributed by atoms with Crippen molar-refractivity contribution in [2.24, 2.45) is 0 Å². The number of aldehydes is 1. The van der Waals surface area contributed by atoms with Crippen molar-refractivity contribution in [3.05, 3.63) is 52.6 Å². The van der Waals surface area contributed by atoms with Crippen LogP contribution in [-0.2, 0) is 4.74 Å². The van der Waals surface area contributed by atoms with Crippen molar-refractivity contribution in [3.63, 3.8) is 0 Å². The van der Waals surface area contributed by atoms with Gasteiger partial charge < -0.3 is 9.84 Å². The predicted molar refractivity (Wildman–Crippen MR) is 89.4 cm³/mol. The molecule has 1 aliphatic heterocycles. The second kappa shape index (κ2) is 5.81. The number of hydrogen-bond donors (Lipinski definition) is 1. The van der Waals surface area contributed by atoms with Crippen molar-refractivity contribution in [1.29, 1.82) is 0 Å². The van der Waals surface area contributed by atoms with Crippen LogP contribution in [-0.4, -0.2) is 40.3 Å². The van der Waals surface area contributed by atoms with Crippen molar-refractivity contribution < 1.29 is 14.6 Å². The zero-order valence-corrected chi connectivity index (χ0v) is 12.9. The van der Waals surface area contributed by atoms with E-state index >= 15 is 0 Å². The molecule has 24 heavy (non-hydrogen) atoms. The van der Waals surface area contributed by atoms with Gasteiger partial charge in [-0.15, -0.1) is 0 Å². The Balaban J connectivity index is 2.01. The Hall–Kier alpha value is -2.57. The minimum absolute atomic E-state index is 0.201. The summed E-state index contributed by atoms with van der Waals surface area (Å²) in [7, 11) is 0. The van der Waals surface area contributed by atoms with Crippen LogP contribution in [0, 0.1) is 0 Å². The number of ether oxygens (including phenoxy) is 1. The van der Waals surface area contributed by atoms with Gasteiger partial charge in [-0.1, -0.05) is 24.3 Å².